The molecule has 1 heterocycles. The maximum absolute atomic E-state index is 10.3. The Balaban J connectivity index is 2.55. The van der Waals surface area contributed by atoms with E-state index in [2.05, 4.69) is 17.2 Å². The van der Waals surface area contributed by atoms with Gasteiger partial charge in [0.1, 0.15) is 0 Å². The van der Waals surface area contributed by atoms with Gasteiger partial charge < -0.3 is 10.4 Å². The summed E-state index contributed by atoms with van der Waals surface area (Å²) in [6.45, 7) is 7.80. The fourth-order valence-corrected chi connectivity index (χ4v) is 1.63. The number of nitrogens with one attached hydrogen (secondary N) is 1. The quantitative estimate of drug-likeness (QED) is 0.723. The zero-order valence-corrected chi connectivity index (χ0v) is 10.5. The molecule has 1 unspecified atom stereocenters. The lowest BCUT2D eigenvalue weighted by molar-refractivity contribution is 0.0476. The van der Waals surface area contributed by atoms with E-state index in [9.17, 15) is 5.11 Å². The van der Waals surface area contributed by atoms with Crippen LogP contribution in [0.1, 0.15) is 37.8 Å². The molecule has 1 rings (SSSR count). The smallest absolute Gasteiger partial charge is 0.0895 e. The third-order valence-corrected chi connectivity index (χ3v) is 2.71. The number of hydrogen-bond acceptors (Lipinski definition) is 3. The second-order valence-corrected chi connectivity index (χ2v) is 4.52. The molecule has 1 atom stereocenters. The van der Waals surface area contributed by atoms with Gasteiger partial charge in [-0.3, -0.25) is 4.98 Å². The van der Waals surface area contributed by atoms with Crippen LogP contribution in [0.4, 0.5) is 0 Å². The summed E-state index contributed by atoms with van der Waals surface area (Å²) in [4.78, 5) is 4.11. The van der Waals surface area contributed by atoms with Crippen LogP contribution < -0.4 is 5.32 Å². The monoisotopic (exact) mass is 222 g/mol. The first-order valence-corrected chi connectivity index (χ1v) is 5.91. The van der Waals surface area contributed by atoms with E-state index in [1.807, 2.05) is 19.9 Å². The fraction of sp³-hybridized carbons (Fsp3) is 0.615. The number of pyridine rings is 1. The van der Waals surface area contributed by atoms with Crippen LogP contribution in [0.2, 0.25) is 0 Å². The van der Waals surface area contributed by atoms with E-state index in [0.29, 0.717) is 6.42 Å². The summed E-state index contributed by atoms with van der Waals surface area (Å²) < 4.78 is 0. The molecule has 3 heteroatoms. The van der Waals surface area contributed by atoms with E-state index in [1.54, 1.807) is 12.4 Å². The summed E-state index contributed by atoms with van der Waals surface area (Å²) >= 11 is 0. The standard InChI is InChI=1S/C13H22N2O/c1-4-6-14-7-5-13(3,16)12-8-11(2)9-15-10-12/h8-10,14,16H,4-7H2,1-3H3. The molecule has 1 aromatic heterocycles. The molecule has 0 aliphatic carbocycles. The van der Waals surface area contributed by atoms with Crippen molar-refractivity contribution in [3.63, 3.8) is 0 Å². The predicted octanol–water partition coefficient (Wildman–Crippen LogP) is 1.99. The van der Waals surface area contributed by atoms with Gasteiger partial charge in [-0.15, -0.1) is 0 Å². The Morgan fingerprint density at radius 3 is 2.75 bits per heavy atom. The van der Waals surface area contributed by atoms with Gasteiger partial charge in [-0.25, -0.2) is 0 Å². The average molecular weight is 222 g/mol. The Hall–Kier alpha value is -0.930. The average Bonchev–Trinajstić information content (AvgIpc) is 2.24. The fourth-order valence-electron chi connectivity index (χ4n) is 1.63. The van der Waals surface area contributed by atoms with Crippen molar-refractivity contribution in [3.8, 4) is 0 Å². The largest absolute Gasteiger partial charge is 0.385 e. The maximum atomic E-state index is 10.3. The summed E-state index contributed by atoms with van der Waals surface area (Å²) in [7, 11) is 0. The van der Waals surface area contributed by atoms with Crippen molar-refractivity contribution >= 4 is 0 Å². The molecule has 16 heavy (non-hydrogen) atoms. The minimum atomic E-state index is -0.792. The minimum Gasteiger partial charge on any atom is -0.385 e. The van der Waals surface area contributed by atoms with Crippen molar-refractivity contribution in [2.75, 3.05) is 13.1 Å². The molecule has 0 fully saturated rings. The van der Waals surface area contributed by atoms with Crippen molar-refractivity contribution < 1.29 is 5.11 Å². The summed E-state index contributed by atoms with van der Waals surface area (Å²) in [5.41, 5.74) is 1.19. The highest BCUT2D eigenvalue weighted by molar-refractivity contribution is 5.22. The van der Waals surface area contributed by atoms with Crippen molar-refractivity contribution in [2.45, 2.75) is 39.2 Å². The number of aromatic nitrogens is 1. The van der Waals surface area contributed by atoms with Crippen LogP contribution >= 0.6 is 0 Å². The summed E-state index contributed by atoms with van der Waals surface area (Å²) in [5.74, 6) is 0. The molecule has 2 N–H and O–H groups in total. The number of hydrogen-bond donors (Lipinski definition) is 2. The molecular formula is C13H22N2O. The predicted molar refractivity (Wildman–Crippen MR) is 66.3 cm³/mol. The second kappa shape index (κ2) is 5.97. The lowest BCUT2D eigenvalue weighted by Gasteiger charge is -2.24. The summed E-state index contributed by atoms with van der Waals surface area (Å²) in [5, 5.41) is 13.6. The van der Waals surface area contributed by atoms with Gasteiger partial charge in [0.2, 0.25) is 0 Å². The van der Waals surface area contributed by atoms with Crippen LogP contribution in [0.3, 0.4) is 0 Å². The Morgan fingerprint density at radius 1 is 1.38 bits per heavy atom. The molecule has 3 nitrogen and oxygen atoms in total. The van der Waals surface area contributed by atoms with Gasteiger partial charge in [0.15, 0.2) is 0 Å². The SMILES string of the molecule is CCCNCCC(C)(O)c1cncc(C)c1. The van der Waals surface area contributed by atoms with Crippen LogP contribution in [-0.2, 0) is 5.60 Å². The van der Waals surface area contributed by atoms with E-state index < -0.39 is 5.60 Å². The molecule has 0 aliphatic rings. The molecule has 0 aliphatic heterocycles. The number of rotatable bonds is 6. The van der Waals surface area contributed by atoms with Gasteiger partial charge in [-0.2, -0.15) is 0 Å². The van der Waals surface area contributed by atoms with E-state index in [4.69, 9.17) is 0 Å². The van der Waals surface area contributed by atoms with Crippen molar-refractivity contribution in [1.82, 2.24) is 10.3 Å². The molecule has 90 valence electrons. The molecule has 0 spiro atoms. The Kier molecular flexibility index (Phi) is 4.90. The van der Waals surface area contributed by atoms with Gasteiger partial charge in [-0.05, 0) is 45.3 Å². The second-order valence-electron chi connectivity index (χ2n) is 4.52. The van der Waals surface area contributed by atoms with Gasteiger partial charge in [-0.1, -0.05) is 13.0 Å². The molecule has 0 bridgehead atoms. The van der Waals surface area contributed by atoms with Gasteiger partial charge in [0.25, 0.3) is 0 Å². The van der Waals surface area contributed by atoms with E-state index in [1.165, 1.54) is 0 Å². The first kappa shape index (κ1) is 13.1. The molecular weight excluding hydrogens is 200 g/mol. The number of aliphatic hydroxyl groups is 1. The highest BCUT2D eigenvalue weighted by Gasteiger charge is 2.22. The normalized spacial score (nSPS) is 14.8. The highest BCUT2D eigenvalue weighted by Crippen LogP contribution is 2.23. The number of nitrogens with zero attached hydrogens (tertiary/aromatic N) is 1. The van der Waals surface area contributed by atoms with E-state index in [0.717, 1.165) is 30.6 Å². The van der Waals surface area contributed by atoms with Gasteiger partial charge in [0, 0.05) is 18.0 Å². The topological polar surface area (TPSA) is 45.1 Å². The van der Waals surface area contributed by atoms with Crippen LogP contribution in [-0.4, -0.2) is 23.2 Å². The first-order valence-electron chi connectivity index (χ1n) is 5.91. The molecule has 0 radical (unpaired) electrons. The lowest BCUT2D eigenvalue weighted by atomic mass is 9.93. The Morgan fingerprint density at radius 2 is 2.12 bits per heavy atom. The Labute approximate surface area is 97.9 Å². The van der Waals surface area contributed by atoms with Crippen LogP contribution in [0.15, 0.2) is 18.5 Å². The van der Waals surface area contributed by atoms with Crippen LogP contribution in [0.25, 0.3) is 0 Å². The minimum absolute atomic E-state index is 0.706. The van der Waals surface area contributed by atoms with Crippen molar-refractivity contribution in [2.24, 2.45) is 0 Å². The van der Waals surface area contributed by atoms with E-state index in [-0.39, 0.29) is 0 Å². The maximum Gasteiger partial charge on any atom is 0.0895 e. The molecule has 1 aromatic rings. The Bertz CT molecular complexity index is 323. The molecule has 0 aromatic carbocycles. The third-order valence-electron chi connectivity index (χ3n) is 2.71. The van der Waals surface area contributed by atoms with Gasteiger partial charge >= 0.3 is 0 Å². The summed E-state index contributed by atoms with van der Waals surface area (Å²) in [6, 6.07) is 1.99. The lowest BCUT2D eigenvalue weighted by Crippen LogP contribution is -2.28. The van der Waals surface area contributed by atoms with Crippen molar-refractivity contribution in [3.05, 3.63) is 29.6 Å². The zero-order valence-electron chi connectivity index (χ0n) is 10.5. The summed E-state index contributed by atoms with van der Waals surface area (Å²) in [6.07, 6.45) is 5.37. The first-order chi connectivity index (χ1) is 7.56. The zero-order chi connectivity index (χ0) is 12.0. The van der Waals surface area contributed by atoms with Crippen molar-refractivity contribution in [1.29, 1.82) is 0 Å². The molecule has 0 saturated heterocycles. The number of aryl methyl sites for hydroxylation is 1. The van der Waals surface area contributed by atoms with E-state index >= 15 is 0 Å². The van der Waals surface area contributed by atoms with Crippen LogP contribution in [0.5, 0.6) is 0 Å². The molecule has 0 amide bonds. The molecule has 0 saturated carbocycles. The third kappa shape index (κ3) is 3.91. The van der Waals surface area contributed by atoms with Gasteiger partial charge in [0.05, 0.1) is 5.60 Å². The van der Waals surface area contributed by atoms with Crippen LogP contribution in [0, 0.1) is 6.92 Å². The highest BCUT2D eigenvalue weighted by atomic mass is 16.3.